The fourth-order valence-corrected chi connectivity index (χ4v) is 4.65. The predicted octanol–water partition coefficient (Wildman–Crippen LogP) is 3.28. The Bertz CT molecular complexity index is 863. The maximum atomic E-state index is 13.2. The summed E-state index contributed by atoms with van der Waals surface area (Å²) < 4.78 is 40.4. The van der Waals surface area contributed by atoms with Crippen molar-refractivity contribution in [2.75, 3.05) is 5.01 Å². The molecule has 0 aliphatic carbocycles. The SMILES string of the molecule is O=C(O)c1ccc([C@H]2SC=C3Sc4nnc(C(F)(F)F)n4N32)cc1. The molecular formula is C13H7F3N4O2S2. The molecular weight excluding hydrogens is 365 g/mol. The van der Waals surface area contributed by atoms with Gasteiger partial charge in [0.05, 0.1) is 5.56 Å². The summed E-state index contributed by atoms with van der Waals surface area (Å²) in [5, 5.41) is 19.4. The van der Waals surface area contributed by atoms with Crippen molar-refractivity contribution in [2.24, 2.45) is 0 Å². The van der Waals surface area contributed by atoms with Crippen LogP contribution in [0.5, 0.6) is 0 Å². The molecule has 2 aliphatic rings. The van der Waals surface area contributed by atoms with Crippen molar-refractivity contribution in [3.8, 4) is 0 Å². The van der Waals surface area contributed by atoms with Crippen molar-refractivity contribution < 1.29 is 23.1 Å². The minimum absolute atomic E-state index is 0.117. The van der Waals surface area contributed by atoms with Crippen molar-refractivity contribution in [1.82, 2.24) is 14.9 Å². The van der Waals surface area contributed by atoms with Crippen LogP contribution in [-0.4, -0.2) is 25.9 Å². The summed E-state index contributed by atoms with van der Waals surface area (Å²) in [5.41, 5.74) is 0.804. The van der Waals surface area contributed by atoms with Gasteiger partial charge in [0.1, 0.15) is 10.4 Å². The standard InChI is InChI=1S/C13H7F3N4O2S2/c14-13(15,16)11-17-18-12-20(11)19-8(24-12)5-23-9(19)6-1-3-7(4-2-6)10(21)22/h1-5,9H,(H,21,22)/t9-/m1/s1. The average molecular weight is 372 g/mol. The molecule has 0 saturated heterocycles. The maximum Gasteiger partial charge on any atom is 0.453 e. The fraction of sp³-hybridized carbons (Fsp3) is 0.154. The molecule has 1 aromatic heterocycles. The lowest BCUT2D eigenvalue weighted by Crippen LogP contribution is -2.33. The number of hydrogen-bond donors (Lipinski definition) is 1. The Morgan fingerprint density at radius 1 is 1.21 bits per heavy atom. The number of fused-ring (bicyclic) bond motifs is 3. The van der Waals surface area contributed by atoms with Crippen LogP contribution in [0.1, 0.15) is 27.1 Å². The van der Waals surface area contributed by atoms with Crippen molar-refractivity contribution in [3.63, 3.8) is 0 Å². The van der Waals surface area contributed by atoms with Gasteiger partial charge in [-0.1, -0.05) is 23.9 Å². The molecule has 1 atom stereocenters. The first-order valence-electron chi connectivity index (χ1n) is 6.55. The zero-order chi connectivity index (χ0) is 17.1. The van der Waals surface area contributed by atoms with Gasteiger partial charge in [-0.2, -0.15) is 13.2 Å². The van der Waals surface area contributed by atoms with Crippen LogP contribution in [0.3, 0.4) is 0 Å². The number of carbonyl (C=O) groups is 1. The van der Waals surface area contributed by atoms with Gasteiger partial charge in [-0.25, -0.2) is 9.47 Å². The van der Waals surface area contributed by atoms with Crippen LogP contribution in [0.2, 0.25) is 0 Å². The van der Waals surface area contributed by atoms with Gasteiger partial charge in [0.25, 0.3) is 5.82 Å². The fourth-order valence-electron chi connectivity index (χ4n) is 2.43. The van der Waals surface area contributed by atoms with Crippen LogP contribution in [0, 0.1) is 0 Å². The van der Waals surface area contributed by atoms with Crippen LogP contribution in [0.25, 0.3) is 0 Å². The molecule has 11 heteroatoms. The summed E-state index contributed by atoms with van der Waals surface area (Å²) in [5.74, 6) is -2.14. The van der Waals surface area contributed by atoms with E-state index >= 15 is 0 Å². The highest BCUT2D eigenvalue weighted by molar-refractivity contribution is 8.07. The van der Waals surface area contributed by atoms with E-state index in [-0.39, 0.29) is 10.7 Å². The molecule has 4 rings (SSSR count). The molecule has 1 aromatic carbocycles. The molecule has 0 unspecified atom stereocenters. The Hall–Kier alpha value is -2.14. The molecule has 0 fully saturated rings. The zero-order valence-electron chi connectivity index (χ0n) is 11.6. The molecule has 24 heavy (non-hydrogen) atoms. The largest absolute Gasteiger partial charge is 0.478 e. The number of benzene rings is 1. The highest BCUT2D eigenvalue weighted by atomic mass is 32.2. The summed E-state index contributed by atoms with van der Waals surface area (Å²) >= 11 is 2.45. The van der Waals surface area contributed by atoms with E-state index in [1.54, 1.807) is 17.5 Å². The molecule has 1 N–H and O–H groups in total. The Kier molecular flexibility index (Phi) is 3.32. The number of aromatic carboxylic acids is 1. The Balaban J connectivity index is 1.74. The van der Waals surface area contributed by atoms with E-state index in [1.165, 1.54) is 28.9 Å². The molecule has 124 valence electrons. The zero-order valence-corrected chi connectivity index (χ0v) is 13.2. The Labute approximate surface area is 141 Å². The van der Waals surface area contributed by atoms with Crippen LogP contribution in [0.4, 0.5) is 13.2 Å². The Morgan fingerprint density at radius 2 is 1.92 bits per heavy atom. The lowest BCUT2D eigenvalue weighted by Gasteiger charge is -2.26. The first kappa shape index (κ1) is 15.4. The molecule has 0 spiro atoms. The number of alkyl halides is 3. The summed E-state index contributed by atoms with van der Waals surface area (Å²) in [6, 6.07) is 6.05. The van der Waals surface area contributed by atoms with Crippen LogP contribution in [-0.2, 0) is 6.18 Å². The second-order valence-corrected chi connectivity index (χ2v) is 6.88. The third-order valence-electron chi connectivity index (χ3n) is 3.47. The van der Waals surface area contributed by atoms with E-state index in [4.69, 9.17) is 5.11 Å². The van der Waals surface area contributed by atoms with Gasteiger partial charge >= 0.3 is 12.1 Å². The van der Waals surface area contributed by atoms with Crippen LogP contribution in [0.15, 0.2) is 39.9 Å². The van der Waals surface area contributed by atoms with Crippen LogP contribution < -0.4 is 5.01 Å². The number of hydrogen-bond acceptors (Lipinski definition) is 6. The number of aromatic nitrogens is 3. The van der Waals surface area contributed by atoms with E-state index in [9.17, 15) is 18.0 Å². The molecule has 2 aliphatic heterocycles. The van der Waals surface area contributed by atoms with E-state index in [0.29, 0.717) is 10.6 Å². The number of carboxylic acids is 1. The molecule has 3 heterocycles. The van der Waals surface area contributed by atoms with Gasteiger partial charge in [-0.3, -0.25) is 5.01 Å². The smallest absolute Gasteiger partial charge is 0.453 e. The second-order valence-electron chi connectivity index (χ2n) is 4.93. The summed E-state index contributed by atoms with van der Waals surface area (Å²) in [6.07, 6.45) is -4.62. The number of nitrogens with zero attached hydrogens (tertiary/aromatic N) is 4. The third-order valence-corrected chi connectivity index (χ3v) is 5.65. The van der Waals surface area contributed by atoms with Gasteiger partial charge in [0, 0.05) is 5.41 Å². The number of thioether (sulfide) groups is 2. The van der Waals surface area contributed by atoms with Crippen molar-refractivity contribution in [3.05, 3.63) is 51.7 Å². The second kappa shape index (κ2) is 5.18. The van der Waals surface area contributed by atoms with E-state index in [1.807, 2.05) is 0 Å². The van der Waals surface area contributed by atoms with Gasteiger partial charge in [0.2, 0.25) is 5.16 Å². The normalized spacial score (nSPS) is 19.2. The van der Waals surface area contributed by atoms with E-state index in [0.717, 1.165) is 16.4 Å². The summed E-state index contributed by atoms with van der Waals surface area (Å²) in [6.45, 7) is 0. The van der Waals surface area contributed by atoms with Crippen molar-refractivity contribution in [1.29, 1.82) is 0 Å². The summed E-state index contributed by atoms with van der Waals surface area (Å²) in [7, 11) is 0. The molecule has 0 saturated carbocycles. The number of carboxylic acid groups (broad SMARTS) is 1. The third kappa shape index (κ3) is 2.26. The topological polar surface area (TPSA) is 71.2 Å². The minimum atomic E-state index is -4.62. The minimum Gasteiger partial charge on any atom is -0.478 e. The first-order valence-corrected chi connectivity index (χ1v) is 8.31. The van der Waals surface area contributed by atoms with Gasteiger partial charge in [-0.05, 0) is 29.5 Å². The lowest BCUT2D eigenvalue weighted by atomic mass is 10.1. The molecule has 0 bridgehead atoms. The molecule has 6 nitrogen and oxygen atoms in total. The van der Waals surface area contributed by atoms with Crippen LogP contribution >= 0.6 is 23.5 Å². The van der Waals surface area contributed by atoms with Gasteiger partial charge in [-0.15, -0.1) is 10.2 Å². The first-order chi connectivity index (χ1) is 11.4. The quantitative estimate of drug-likeness (QED) is 0.867. The van der Waals surface area contributed by atoms with E-state index < -0.39 is 23.3 Å². The van der Waals surface area contributed by atoms with Gasteiger partial charge in [0.15, 0.2) is 0 Å². The van der Waals surface area contributed by atoms with Crippen molar-refractivity contribution in [2.45, 2.75) is 16.7 Å². The number of rotatable bonds is 2. The highest BCUT2D eigenvalue weighted by Crippen LogP contribution is 2.52. The monoisotopic (exact) mass is 372 g/mol. The number of halogens is 3. The predicted molar refractivity (Wildman–Crippen MR) is 80.9 cm³/mol. The summed E-state index contributed by atoms with van der Waals surface area (Å²) in [4.78, 5) is 10.9. The average Bonchev–Trinajstić information content (AvgIpc) is 3.16. The molecule has 0 amide bonds. The van der Waals surface area contributed by atoms with E-state index in [2.05, 4.69) is 10.2 Å². The molecule has 0 radical (unpaired) electrons. The maximum absolute atomic E-state index is 13.2. The highest BCUT2D eigenvalue weighted by Gasteiger charge is 2.46. The van der Waals surface area contributed by atoms with Gasteiger partial charge < -0.3 is 5.11 Å². The van der Waals surface area contributed by atoms with Crippen molar-refractivity contribution >= 4 is 29.5 Å². The lowest BCUT2D eigenvalue weighted by molar-refractivity contribution is -0.147. The Morgan fingerprint density at radius 3 is 2.54 bits per heavy atom. The molecule has 2 aromatic rings.